The zero-order valence-electron chi connectivity index (χ0n) is 9.46. The lowest BCUT2D eigenvalue weighted by Gasteiger charge is -2.18. The predicted molar refractivity (Wildman–Crippen MR) is 57.5 cm³/mol. The van der Waals surface area contributed by atoms with Crippen molar-refractivity contribution in [3.8, 4) is 0 Å². The van der Waals surface area contributed by atoms with Crippen LogP contribution in [0.1, 0.15) is 17.5 Å². The van der Waals surface area contributed by atoms with Gasteiger partial charge >= 0.3 is 0 Å². The van der Waals surface area contributed by atoms with Crippen LogP contribution in [0.4, 0.5) is 0 Å². The summed E-state index contributed by atoms with van der Waals surface area (Å²) in [7, 11) is 0.140. The molecule has 14 heavy (non-hydrogen) atoms. The first kappa shape index (κ1) is 11.3. The summed E-state index contributed by atoms with van der Waals surface area (Å²) in [6.45, 7) is 8.09. The Bertz CT molecular complexity index is 308. The van der Waals surface area contributed by atoms with Crippen LogP contribution in [0.5, 0.6) is 0 Å². The van der Waals surface area contributed by atoms with Crippen molar-refractivity contribution in [3.63, 3.8) is 0 Å². The van der Waals surface area contributed by atoms with Crippen LogP contribution in [0.25, 0.3) is 0 Å². The standard InChI is InChI=1S/C9H17N3OSi/c1-7-10-8(2)12-9(11-7)6-14(4,5)13-3/h6H2,1-5H3. The quantitative estimate of drug-likeness (QED) is 0.709. The monoisotopic (exact) mass is 211 g/mol. The van der Waals surface area contributed by atoms with E-state index in [1.54, 1.807) is 7.11 Å². The van der Waals surface area contributed by atoms with E-state index in [9.17, 15) is 0 Å². The molecular weight excluding hydrogens is 194 g/mol. The van der Waals surface area contributed by atoms with Crippen LogP contribution in [0.15, 0.2) is 0 Å². The van der Waals surface area contributed by atoms with E-state index in [1.165, 1.54) is 0 Å². The van der Waals surface area contributed by atoms with Crippen molar-refractivity contribution in [2.24, 2.45) is 0 Å². The molecule has 4 nitrogen and oxygen atoms in total. The van der Waals surface area contributed by atoms with Crippen LogP contribution < -0.4 is 0 Å². The second-order valence-electron chi connectivity index (χ2n) is 3.99. The smallest absolute Gasteiger partial charge is 0.193 e. The van der Waals surface area contributed by atoms with E-state index >= 15 is 0 Å². The third-order valence-corrected chi connectivity index (χ3v) is 4.31. The van der Waals surface area contributed by atoms with Crippen LogP contribution in [-0.4, -0.2) is 30.4 Å². The van der Waals surface area contributed by atoms with E-state index < -0.39 is 8.32 Å². The fraction of sp³-hybridized carbons (Fsp3) is 0.667. The summed E-state index contributed by atoms with van der Waals surface area (Å²) in [5.74, 6) is 2.43. The van der Waals surface area contributed by atoms with Gasteiger partial charge in [0.25, 0.3) is 0 Å². The van der Waals surface area contributed by atoms with E-state index in [1.807, 2.05) is 13.8 Å². The van der Waals surface area contributed by atoms with Gasteiger partial charge < -0.3 is 4.43 Å². The topological polar surface area (TPSA) is 47.9 Å². The Balaban J connectivity index is 2.87. The first-order valence-corrected chi connectivity index (χ1v) is 7.78. The molecule has 78 valence electrons. The van der Waals surface area contributed by atoms with Crippen LogP contribution in [-0.2, 0) is 10.5 Å². The second-order valence-corrected chi connectivity index (χ2v) is 8.27. The Hall–Kier alpha value is -0.813. The number of hydrogen-bond donors (Lipinski definition) is 0. The van der Waals surface area contributed by atoms with Crippen LogP contribution >= 0.6 is 0 Å². The van der Waals surface area contributed by atoms with Gasteiger partial charge in [-0.25, -0.2) is 15.0 Å². The largest absolute Gasteiger partial charge is 0.420 e. The average Bonchev–Trinajstić information content (AvgIpc) is 2.01. The molecule has 1 aromatic rings. The molecule has 0 fully saturated rings. The molecule has 0 bridgehead atoms. The molecule has 1 rings (SSSR count). The van der Waals surface area contributed by atoms with Gasteiger partial charge in [-0.05, 0) is 26.9 Å². The summed E-state index contributed by atoms with van der Waals surface area (Å²) < 4.78 is 5.46. The summed E-state index contributed by atoms with van der Waals surface area (Å²) in [6.07, 6.45) is 0. The maximum atomic E-state index is 5.46. The zero-order chi connectivity index (χ0) is 10.8. The van der Waals surface area contributed by atoms with Crippen LogP contribution in [0.2, 0.25) is 13.1 Å². The Morgan fingerprint density at radius 1 is 1.07 bits per heavy atom. The maximum absolute atomic E-state index is 5.46. The van der Waals surface area contributed by atoms with E-state index in [-0.39, 0.29) is 0 Å². The Morgan fingerprint density at radius 3 is 2.00 bits per heavy atom. The molecule has 5 heteroatoms. The summed E-state index contributed by atoms with van der Waals surface area (Å²) in [6, 6.07) is 0.841. The van der Waals surface area contributed by atoms with Gasteiger partial charge in [-0.15, -0.1) is 0 Å². The molecule has 0 saturated heterocycles. The molecule has 0 amide bonds. The van der Waals surface area contributed by atoms with Crippen molar-refractivity contribution in [1.82, 2.24) is 15.0 Å². The average molecular weight is 211 g/mol. The number of rotatable bonds is 3. The number of nitrogens with zero attached hydrogens (tertiary/aromatic N) is 3. The summed E-state index contributed by atoms with van der Waals surface area (Å²) >= 11 is 0. The zero-order valence-corrected chi connectivity index (χ0v) is 10.5. The normalized spacial score (nSPS) is 11.8. The van der Waals surface area contributed by atoms with Crippen molar-refractivity contribution in [3.05, 3.63) is 17.5 Å². The fourth-order valence-corrected chi connectivity index (χ4v) is 2.28. The highest BCUT2D eigenvalue weighted by molar-refractivity contribution is 6.70. The number of aryl methyl sites for hydroxylation is 2. The maximum Gasteiger partial charge on any atom is 0.193 e. The molecule has 0 radical (unpaired) electrons. The SMILES string of the molecule is CO[Si](C)(C)Cc1nc(C)nc(C)n1. The van der Waals surface area contributed by atoms with E-state index in [2.05, 4.69) is 28.0 Å². The van der Waals surface area contributed by atoms with E-state index in [0.717, 1.165) is 23.5 Å². The van der Waals surface area contributed by atoms with Gasteiger partial charge in [-0.2, -0.15) is 0 Å². The molecule has 0 aliphatic rings. The van der Waals surface area contributed by atoms with Crippen molar-refractivity contribution in [2.45, 2.75) is 33.0 Å². The van der Waals surface area contributed by atoms with E-state index in [0.29, 0.717) is 0 Å². The molecular formula is C9H17N3OSi. The molecule has 0 N–H and O–H groups in total. The Kier molecular flexibility index (Phi) is 3.33. The van der Waals surface area contributed by atoms with Gasteiger partial charge in [0.1, 0.15) is 17.5 Å². The van der Waals surface area contributed by atoms with Crippen LogP contribution in [0, 0.1) is 13.8 Å². The highest BCUT2D eigenvalue weighted by Gasteiger charge is 2.23. The molecule has 0 spiro atoms. The van der Waals surface area contributed by atoms with E-state index in [4.69, 9.17) is 4.43 Å². The lowest BCUT2D eigenvalue weighted by Crippen LogP contribution is -2.33. The predicted octanol–water partition coefficient (Wildman–Crippen LogP) is 1.42. The van der Waals surface area contributed by atoms with Gasteiger partial charge in [0.2, 0.25) is 0 Å². The Labute approximate surface area is 85.9 Å². The molecule has 0 unspecified atom stereocenters. The highest BCUT2D eigenvalue weighted by Crippen LogP contribution is 2.09. The lowest BCUT2D eigenvalue weighted by atomic mass is 10.5. The molecule has 0 aromatic carbocycles. The molecule has 0 saturated carbocycles. The first-order chi connectivity index (χ1) is 6.43. The molecule has 0 aliphatic heterocycles. The summed E-state index contributed by atoms with van der Waals surface area (Å²) in [5.41, 5.74) is 0. The summed E-state index contributed by atoms with van der Waals surface area (Å²) in [5, 5.41) is 0. The third-order valence-electron chi connectivity index (χ3n) is 2.04. The van der Waals surface area contributed by atoms with Gasteiger partial charge in [0, 0.05) is 13.2 Å². The Morgan fingerprint density at radius 2 is 1.57 bits per heavy atom. The van der Waals surface area contributed by atoms with Crippen molar-refractivity contribution in [1.29, 1.82) is 0 Å². The highest BCUT2D eigenvalue weighted by atomic mass is 28.4. The van der Waals surface area contributed by atoms with Gasteiger partial charge in [-0.3, -0.25) is 0 Å². The van der Waals surface area contributed by atoms with Gasteiger partial charge in [0.15, 0.2) is 8.32 Å². The van der Waals surface area contributed by atoms with Gasteiger partial charge in [-0.1, -0.05) is 0 Å². The number of hydrogen-bond acceptors (Lipinski definition) is 4. The summed E-state index contributed by atoms with van der Waals surface area (Å²) in [4.78, 5) is 12.7. The second kappa shape index (κ2) is 4.14. The lowest BCUT2D eigenvalue weighted by molar-refractivity contribution is 0.402. The fourth-order valence-electron chi connectivity index (χ4n) is 1.21. The van der Waals surface area contributed by atoms with Crippen molar-refractivity contribution < 1.29 is 4.43 Å². The van der Waals surface area contributed by atoms with Crippen molar-refractivity contribution in [2.75, 3.05) is 7.11 Å². The minimum absolute atomic E-state index is 0.786. The first-order valence-electron chi connectivity index (χ1n) is 4.66. The third kappa shape index (κ3) is 3.15. The molecule has 0 atom stereocenters. The molecule has 1 heterocycles. The van der Waals surface area contributed by atoms with Crippen molar-refractivity contribution >= 4 is 8.32 Å². The molecule has 0 aliphatic carbocycles. The minimum Gasteiger partial charge on any atom is -0.420 e. The number of aromatic nitrogens is 3. The van der Waals surface area contributed by atoms with Gasteiger partial charge in [0.05, 0.1) is 0 Å². The minimum atomic E-state index is -1.62. The molecule has 1 aromatic heterocycles. The van der Waals surface area contributed by atoms with Crippen LogP contribution in [0.3, 0.4) is 0 Å².